The van der Waals surface area contributed by atoms with Gasteiger partial charge in [0.05, 0.1) is 17.1 Å². The van der Waals surface area contributed by atoms with Gasteiger partial charge in [-0.15, -0.1) is 0 Å². The van der Waals surface area contributed by atoms with Gasteiger partial charge in [0, 0.05) is 26.1 Å². The Morgan fingerprint density at radius 3 is 2.45 bits per heavy atom. The van der Waals surface area contributed by atoms with Crippen LogP contribution in [0.2, 0.25) is 0 Å². The molecule has 2 fully saturated rings. The summed E-state index contributed by atoms with van der Waals surface area (Å²) >= 11 is 0. The Labute approximate surface area is 198 Å². The van der Waals surface area contributed by atoms with Crippen molar-refractivity contribution in [3.63, 3.8) is 0 Å². The van der Waals surface area contributed by atoms with E-state index < -0.39 is 15.6 Å². The van der Waals surface area contributed by atoms with Gasteiger partial charge in [-0.1, -0.05) is 31.5 Å². The minimum atomic E-state index is -3.71. The van der Waals surface area contributed by atoms with Gasteiger partial charge < -0.3 is 15.2 Å². The zero-order valence-electron chi connectivity index (χ0n) is 20.6. The second-order valence-corrected chi connectivity index (χ2v) is 12.7. The molecular formula is C25H40N2O5S. The third-order valence-corrected chi connectivity index (χ3v) is 9.40. The molecule has 3 N–H and O–H groups in total. The summed E-state index contributed by atoms with van der Waals surface area (Å²) in [6, 6.07) is 6.57. The first kappa shape index (κ1) is 26.1. The van der Waals surface area contributed by atoms with Crippen molar-refractivity contribution >= 4 is 15.9 Å². The van der Waals surface area contributed by atoms with Crippen LogP contribution in [0, 0.1) is 23.7 Å². The van der Waals surface area contributed by atoms with E-state index in [1.807, 2.05) is 13.8 Å². The molecule has 0 heterocycles. The van der Waals surface area contributed by atoms with Crippen molar-refractivity contribution in [3.8, 4) is 0 Å². The lowest BCUT2D eigenvalue weighted by atomic mass is 9.57. The first-order valence-corrected chi connectivity index (χ1v) is 13.4. The fourth-order valence-corrected chi connectivity index (χ4v) is 7.42. The maximum absolute atomic E-state index is 13.3. The Kier molecular flexibility index (Phi) is 7.63. The molecule has 0 saturated heterocycles. The van der Waals surface area contributed by atoms with E-state index in [-0.39, 0.29) is 33.6 Å². The highest BCUT2D eigenvalue weighted by atomic mass is 32.2. The number of hydrogen-bond acceptors (Lipinski definition) is 5. The van der Waals surface area contributed by atoms with Gasteiger partial charge in [-0.25, -0.2) is 13.1 Å². The van der Waals surface area contributed by atoms with Gasteiger partial charge in [0.15, 0.2) is 0 Å². The molecule has 1 aromatic rings. The molecular weight excluding hydrogens is 440 g/mol. The van der Waals surface area contributed by atoms with Crippen molar-refractivity contribution in [2.45, 2.75) is 82.8 Å². The summed E-state index contributed by atoms with van der Waals surface area (Å²) in [6.45, 7) is 9.02. The van der Waals surface area contributed by atoms with E-state index in [2.05, 4.69) is 23.9 Å². The first-order chi connectivity index (χ1) is 15.3. The van der Waals surface area contributed by atoms with Crippen LogP contribution in [-0.2, 0) is 19.6 Å². The molecule has 7 nitrogen and oxygen atoms in total. The molecule has 1 amide bonds. The van der Waals surface area contributed by atoms with Crippen molar-refractivity contribution in [1.82, 2.24) is 10.0 Å². The van der Waals surface area contributed by atoms with Gasteiger partial charge in [0.2, 0.25) is 15.9 Å². The van der Waals surface area contributed by atoms with Crippen molar-refractivity contribution in [2.24, 2.45) is 16.7 Å². The minimum absolute atomic E-state index is 0.0534. The van der Waals surface area contributed by atoms with Gasteiger partial charge in [0.1, 0.15) is 0 Å². The lowest BCUT2D eigenvalue weighted by Gasteiger charge is -2.50. The molecule has 186 valence electrons. The molecule has 8 heteroatoms. The molecule has 2 saturated carbocycles. The average Bonchev–Trinajstić information content (AvgIpc) is 2.92. The third kappa shape index (κ3) is 5.78. The summed E-state index contributed by atoms with van der Waals surface area (Å²) in [5.41, 5.74) is -0.336. The van der Waals surface area contributed by atoms with Crippen molar-refractivity contribution in [2.75, 3.05) is 20.3 Å². The van der Waals surface area contributed by atoms with Crippen LogP contribution >= 0.6 is 0 Å². The molecule has 2 aliphatic carbocycles. The number of nitrogens with one attached hydrogen (secondary N) is 2. The van der Waals surface area contributed by atoms with E-state index in [9.17, 15) is 18.3 Å². The van der Waals surface area contributed by atoms with Crippen molar-refractivity contribution in [1.29, 1.82) is 0 Å². The van der Waals surface area contributed by atoms with Crippen molar-refractivity contribution in [3.05, 3.63) is 29.8 Å². The predicted octanol–water partition coefficient (Wildman–Crippen LogP) is 3.15. The minimum Gasteiger partial charge on any atom is -0.390 e. The molecule has 4 atom stereocenters. The van der Waals surface area contributed by atoms with E-state index in [0.717, 1.165) is 5.56 Å². The number of hydrogen-bond donors (Lipinski definition) is 3. The second-order valence-electron chi connectivity index (χ2n) is 11.0. The number of methoxy groups -OCH3 is 1. The lowest BCUT2D eigenvalue weighted by molar-refractivity contribution is -0.123. The molecule has 2 aliphatic rings. The summed E-state index contributed by atoms with van der Waals surface area (Å²) < 4.78 is 34.7. The number of amides is 1. The molecule has 0 aliphatic heterocycles. The smallest absolute Gasteiger partial charge is 0.240 e. The average molecular weight is 481 g/mol. The number of carbonyl (C=O) groups is 1. The van der Waals surface area contributed by atoms with Crippen molar-refractivity contribution < 1.29 is 23.1 Å². The van der Waals surface area contributed by atoms with Gasteiger partial charge >= 0.3 is 0 Å². The Hall–Kier alpha value is -1.48. The van der Waals surface area contributed by atoms with Crippen LogP contribution < -0.4 is 10.0 Å². The number of aryl methyl sites for hydroxylation is 1. The molecule has 0 spiro atoms. The number of sulfonamides is 1. The van der Waals surface area contributed by atoms with Crippen LogP contribution in [0.5, 0.6) is 0 Å². The highest BCUT2D eigenvalue weighted by molar-refractivity contribution is 7.89. The molecule has 1 aromatic carbocycles. The highest BCUT2D eigenvalue weighted by Gasteiger charge is 2.61. The fraction of sp³-hybridized carbons (Fsp3) is 0.720. The molecule has 33 heavy (non-hydrogen) atoms. The number of benzene rings is 1. The summed E-state index contributed by atoms with van der Waals surface area (Å²) in [7, 11) is -2.12. The number of ether oxygens (including phenoxy) is 1. The molecule has 3 rings (SSSR count). The Morgan fingerprint density at radius 1 is 1.15 bits per heavy atom. The maximum Gasteiger partial charge on any atom is 0.240 e. The topological polar surface area (TPSA) is 105 Å². The van der Waals surface area contributed by atoms with Gasteiger partial charge in [0.25, 0.3) is 0 Å². The zero-order chi connectivity index (χ0) is 24.5. The summed E-state index contributed by atoms with van der Waals surface area (Å²) in [5.74, 6) is 0.0496. The summed E-state index contributed by atoms with van der Waals surface area (Å²) in [6.07, 6.45) is 3.45. The van der Waals surface area contributed by atoms with E-state index in [4.69, 9.17) is 4.74 Å². The monoisotopic (exact) mass is 480 g/mol. The highest BCUT2D eigenvalue weighted by Crippen LogP contribution is 2.64. The lowest BCUT2D eigenvalue weighted by Crippen LogP contribution is -2.52. The third-order valence-electron chi connectivity index (χ3n) is 7.91. The molecule has 0 aromatic heterocycles. The standard InChI is InChI=1S/C25H40N2O5S/c1-18-6-8-19(9-7-18)33(30,31)27-21-17-23(2,3)20-16-24(4,29)12-13-25(20,21)11-10-22(28)26-14-15-32-5/h6-9,20-21,27,29H,10-17H2,1-5H3,(H,26,28). The van der Waals surface area contributed by atoms with Gasteiger partial charge in [-0.2, -0.15) is 0 Å². The zero-order valence-corrected chi connectivity index (χ0v) is 21.4. The summed E-state index contributed by atoms with van der Waals surface area (Å²) in [5, 5.41) is 13.8. The largest absolute Gasteiger partial charge is 0.390 e. The Balaban J connectivity index is 1.88. The van der Waals surface area contributed by atoms with E-state index in [1.165, 1.54) is 0 Å². The fourth-order valence-electron chi connectivity index (χ4n) is 6.10. The number of rotatable bonds is 9. The summed E-state index contributed by atoms with van der Waals surface area (Å²) in [4.78, 5) is 12.8. The SMILES string of the molecule is COCCNC(=O)CCC12CCC(C)(O)CC1C(C)(C)CC2NS(=O)(=O)c1ccc(C)cc1. The first-order valence-electron chi connectivity index (χ1n) is 11.9. The van der Waals surface area contributed by atoms with Crippen LogP contribution in [-0.4, -0.2) is 51.3 Å². The molecule has 0 radical (unpaired) electrons. The Bertz CT molecular complexity index is 942. The second kappa shape index (κ2) is 9.64. The predicted molar refractivity (Wildman–Crippen MR) is 128 cm³/mol. The number of carbonyl (C=O) groups excluding carboxylic acids is 1. The van der Waals surface area contributed by atoms with Gasteiger partial charge in [-0.3, -0.25) is 4.79 Å². The van der Waals surface area contributed by atoms with E-state index in [1.54, 1.807) is 31.4 Å². The van der Waals surface area contributed by atoms with Crippen LogP contribution in [0.1, 0.15) is 64.9 Å². The van der Waals surface area contributed by atoms with Crippen LogP contribution in [0.25, 0.3) is 0 Å². The maximum atomic E-state index is 13.3. The number of aliphatic hydroxyl groups is 1. The van der Waals surface area contributed by atoms with E-state index >= 15 is 0 Å². The normalized spacial score (nSPS) is 31.2. The van der Waals surface area contributed by atoms with Gasteiger partial charge in [-0.05, 0) is 74.8 Å². The quantitative estimate of drug-likeness (QED) is 0.471. The molecule has 0 bridgehead atoms. The van der Waals surface area contributed by atoms with Crippen LogP contribution in [0.15, 0.2) is 29.2 Å². The van der Waals surface area contributed by atoms with Crippen LogP contribution in [0.3, 0.4) is 0 Å². The Morgan fingerprint density at radius 2 is 1.82 bits per heavy atom. The van der Waals surface area contributed by atoms with Crippen LogP contribution in [0.4, 0.5) is 0 Å². The molecule has 4 unspecified atom stereocenters. The van der Waals surface area contributed by atoms with E-state index in [0.29, 0.717) is 51.7 Å². The number of fused-ring (bicyclic) bond motifs is 1.